The number of aromatic nitrogens is 2. The average Bonchev–Trinajstić information content (AvgIpc) is 2.68. The highest BCUT2D eigenvalue weighted by molar-refractivity contribution is 6.00. The summed E-state index contributed by atoms with van der Waals surface area (Å²) in [5, 5.41) is 0. The molecular weight excluding hydrogens is 338 g/mol. The lowest BCUT2D eigenvalue weighted by molar-refractivity contribution is 0.0961. The van der Waals surface area contributed by atoms with Gasteiger partial charge in [0.15, 0.2) is 5.78 Å². The molecule has 1 aromatic heterocycles. The van der Waals surface area contributed by atoms with Crippen LogP contribution in [0.15, 0.2) is 54.6 Å². The van der Waals surface area contributed by atoms with Crippen molar-refractivity contribution < 1.29 is 9.53 Å². The molecule has 0 radical (unpaired) electrons. The van der Waals surface area contributed by atoms with Crippen LogP contribution in [-0.2, 0) is 12.8 Å². The van der Waals surface area contributed by atoms with Gasteiger partial charge < -0.3 is 10.5 Å². The molecule has 5 nitrogen and oxygen atoms in total. The molecule has 1 aliphatic carbocycles. The van der Waals surface area contributed by atoms with E-state index in [1.807, 2.05) is 42.5 Å². The largest absolute Gasteiger partial charge is 0.497 e. The van der Waals surface area contributed by atoms with E-state index >= 15 is 0 Å². The van der Waals surface area contributed by atoms with E-state index in [2.05, 4.69) is 22.1 Å². The van der Waals surface area contributed by atoms with Crippen LogP contribution in [-0.4, -0.2) is 22.9 Å². The molecule has 2 N–H and O–H groups in total. The number of hydrogen-bond donors (Lipinski definition) is 1. The monoisotopic (exact) mass is 359 g/mol. The standard InChI is InChI=1S/C22H21N3O2/c1-27-17-9-7-14(8-10-17)11-18-21-19(25-22(23)24-18)12-16(13-20(21)26)15-5-3-2-4-6-15/h2-10,16H,11-13H2,1H3,(H2,23,24,25). The van der Waals surface area contributed by atoms with Crippen LogP contribution >= 0.6 is 0 Å². The van der Waals surface area contributed by atoms with Gasteiger partial charge in [0, 0.05) is 12.8 Å². The molecule has 0 bridgehead atoms. The summed E-state index contributed by atoms with van der Waals surface area (Å²) >= 11 is 0. The maximum atomic E-state index is 13.0. The van der Waals surface area contributed by atoms with Gasteiger partial charge in [-0.3, -0.25) is 4.79 Å². The normalized spacial score (nSPS) is 16.0. The van der Waals surface area contributed by atoms with Gasteiger partial charge in [0.1, 0.15) is 5.75 Å². The molecule has 0 saturated carbocycles. The number of carbonyl (C=O) groups excluding carboxylic acids is 1. The number of Topliss-reactive ketones (excluding diaryl/α,β-unsaturated/α-hetero) is 1. The van der Waals surface area contributed by atoms with Gasteiger partial charge >= 0.3 is 0 Å². The first-order chi connectivity index (χ1) is 13.1. The Morgan fingerprint density at radius 3 is 2.48 bits per heavy atom. The molecule has 27 heavy (non-hydrogen) atoms. The minimum atomic E-state index is 0.0913. The van der Waals surface area contributed by atoms with Crippen LogP contribution < -0.4 is 10.5 Å². The Kier molecular flexibility index (Phi) is 4.59. The fraction of sp³-hybridized carbons (Fsp3) is 0.227. The maximum Gasteiger partial charge on any atom is 0.220 e. The number of rotatable bonds is 4. The van der Waals surface area contributed by atoms with Crippen molar-refractivity contribution in [1.82, 2.24) is 9.97 Å². The zero-order chi connectivity index (χ0) is 18.8. The minimum absolute atomic E-state index is 0.0913. The summed E-state index contributed by atoms with van der Waals surface area (Å²) in [6.45, 7) is 0. The Labute approximate surface area is 158 Å². The molecule has 0 amide bonds. The van der Waals surface area contributed by atoms with Crippen molar-refractivity contribution in [3.63, 3.8) is 0 Å². The summed E-state index contributed by atoms with van der Waals surface area (Å²) < 4.78 is 5.20. The van der Waals surface area contributed by atoms with Crippen LogP contribution in [0.3, 0.4) is 0 Å². The second-order valence-electron chi connectivity index (χ2n) is 6.81. The Morgan fingerprint density at radius 2 is 1.78 bits per heavy atom. The van der Waals surface area contributed by atoms with Gasteiger partial charge in [-0.15, -0.1) is 0 Å². The fourth-order valence-electron chi connectivity index (χ4n) is 3.71. The third-order valence-electron chi connectivity index (χ3n) is 5.03. The zero-order valence-electron chi connectivity index (χ0n) is 15.2. The lowest BCUT2D eigenvalue weighted by Crippen LogP contribution is -2.24. The van der Waals surface area contributed by atoms with Gasteiger partial charge in [-0.05, 0) is 35.6 Å². The van der Waals surface area contributed by atoms with Crippen LogP contribution in [0.2, 0.25) is 0 Å². The number of nitrogens with zero attached hydrogens (tertiary/aromatic N) is 2. The minimum Gasteiger partial charge on any atom is -0.497 e. The molecule has 1 heterocycles. The first kappa shape index (κ1) is 17.2. The molecule has 2 aromatic carbocycles. The summed E-state index contributed by atoms with van der Waals surface area (Å²) in [4.78, 5) is 21.7. The van der Waals surface area contributed by atoms with E-state index in [9.17, 15) is 4.79 Å². The Bertz CT molecular complexity index is 969. The van der Waals surface area contributed by atoms with E-state index < -0.39 is 0 Å². The summed E-state index contributed by atoms with van der Waals surface area (Å²) in [7, 11) is 1.64. The summed E-state index contributed by atoms with van der Waals surface area (Å²) in [6.07, 6.45) is 1.72. The van der Waals surface area contributed by atoms with Crippen molar-refractivity contribution in [3.05, 3.63) is 82.7 Å². The molecule has 1 unspecified atom stereocenters. The lowest BCUT2D eigenvalue weighted by Gasteiger charge is -2.25. The van der Waals surface area contributed by atoms with Crippen molar-refractivity contribution >= 4 is 11.7 Å². The number of anilines is 1. The van der Waals surface area contributed by atoms with Crippen LogP contribution in [0, 0.1) is 0 Å². The number of ether oxygens (including phenoxy) is 1. The molecule has 0 saturated heterocycles. The third kappa shape index (κ3) is 3.53. The van der Waals surface area contributed by atoms with Crippen LogP contribution in [0.1, 0.15) is 45.2 Å². The van der Waals surface area contributed by atoms with Crippen molar-refractivity contribution in [3.8, 4) is 5.75 Å². The number of hydrogen-bond acceptors (Lipinski definition) is 5. The average molecular weight is 359 g/mol. The number of fused-ring (bicyclic) bond motifs is 1. The Hall–Kier alpha value is -3.21. The Morgan fingerprint density at radius 1 is 1.04 bits per heavy atom. The molecule has 136 valence electrons. The van der Waals surface area contributed by atoms with Gasteiger partial charge in [-0.1, -0.05) is 42.5 Å². The quantitative estimate of drug-likeness (QED) is 0.770. The van der Waals surface area contributed by atoms with Crippen molar-refractivity contribution in [2.24, 2.45) is 0 Å². The van der Waals surface area contributed by atoms with Gasteiger partial charge in [0.2, 0.25) is 5.95 Å². The van der Waals surface area contributed by atoms with Gasteiger partial charge in [-0.25, -0.2) is 9.97 Å². The van der Waals surface area contributed by atoms with E-state index in [4.69, 9.17) is 10.5 Å². The summed E-state index contributed by atoms with van der Waals surface area (Å²) in [5.74, 6) is 1.24. The highest BCUT2D eigenvalue weighted by atomic mass is 16.5. The molecule has 4 rings (SSSR count). The molecule has 0 aliphatic heterocycles. The van der Waals surface area contributed by atoms with Gasteiger partial charge in [0.05, 0.1) is 24.1 Å². The van der Waals surface area contributed by atoms with Crippen molar-refractivity contribution in [2.45, 2.75) is 25.2 Å². The zero-order valence-corrected chi connectivity index (χ0v) is 15.2. The summed E-state index contributed by atoms with van der Waals surface area (Å²) in [5.41, 5.74) is 10.3. The lowest BCUT2D eigenvalue weighted by atomic mass is 9.80. The molecule has 3 aromatic rings. The van der Waals surface area contributed by atoms with Crippen molar-refractivity contribution in [1.29, 1.82) is 0 Å². The number of benzene rings is 2. The van der Waals surface area contributed by atoms with Crippen LogP contribution in [0.25, 0.3) is 0 Å². The summed E-state index contributed by atoms with van der Waals surface area (Å²) in [6, 6.07) is 17.9. The van der Waals surface area contributed by atoms with E-state index in [0.717, 1.165) is 22.6 Å². The highest BCUT2D eigenvalue weighted by Gasteiger charge is 2.30. The predicted molar refractivity (Wildman–Crippen MR) is 104 cm³/mol. The number of ketones is 1. The van der Waals surface area contributed by atoms with E-state index in [1.54, 1.807) is 7.11 Å². The first-order valence-electron chi connectivity index (χ1n) is 9.00. The molecule has 1 atom stereocenters. The molecule has 1 aliphatic rings. The maximum absolute atomic E-state index is 13.0. The fourth-order valence-corrected chi connectivity index (χ4v) is 3.71. The van der Waals surface area contributed by atoms with E-state index in [1.165, 1.54) is 0 Å². The van der Waals surface area contributed by atoms with Gasteiger partial charge in [0.25, 0.3) is 0 Å². The van der Waals surface area contributed by atoms with E-state index in [-0.39, 0.29) is 17.6 Å². The van der Waals surface area contributed by atoms with Crippen LogP contribution in [0.4, 0.5) is 5.95 Å². The second-order valence-corrected chi connectivity index (χ2v) is 6.81. The van der Waals surface area contributed by atoms with Crippen molar-refractivity contribution in [2.75, 3.05) is 12.8 Å². The molecule has 5 heteroatoms. The third-order valence-corrected chi connectivity index (χ3v) is 5.03. The van der Waals surface area contributed by atoms with E-state index in [0.29, 0.717) is 30.5 Å². The molecular formula is C22H21N3O2. The highest BCUT2D eigenvalue weighted by Crippen LogP contribution is 2.33. The van der Waals surface area contributed by atoms with Crippen LogP contribution in [0.5, 0.6) is 5.75 Å². The topological polar surface area (TPSA) is 78.1 Å². The number of methoxy groups -OCH3 is 1. The Balaban J connectivity index is 1.67. The number of nitrogen functional groups attached to an aromatic ring is 1. The first-order valence-corrected chi connectivity index (χ1v) is 9.00. The second kappa shape index (κ2) is 7.19. The predicted octanol–water partition coefficient (Wildman–Crippen LogP) is 3.57. The molecule has 0 fully saturated rings. The smallest absolute Gasteiger partial charge is 0.220 e. The SMILES string of the molecule is COc1ccc(Cc2nc(N)nc3c2C(=O)CC(c2ccccc2)C3)cc1. The number of carbonyl (C=O) groups is 1. The number of nitrogens with two attached hydrogens (primary N) is 1. The molecule has 0 spiro atoms. The van der Waals surface area contributed by atoms with Gasteiger partial charge in [-0.2, -0.15) is 0 Å².